The van der Waals surface area contributed by atoms with Gasteiger partial charge in [-0.15, -0.1) is 0 Å². The summed E-state index contributed by atoms with van der Waals surface area (Å²) in [5.74, 6) is -1.21. The summed E-state index contributed by atoms with van der Waals surface area (Å²) in [5.41, 5.74) is 7.21. The van der Waals surface area contributed by atoms with E-state index in [1.165, 1.54) is 5.56 Å². The van der Waals surface area contributed by atoms with Gasteiger partial charge in [0.25, 0.3) is 0 Å². The highest BCUT2D eigenvalue weighted by Gasteiger charge is 2.38. The van der Waals surface area contributed by atoms with Crippen LogP contribution in [0.15, 0.2) is 47.5 Å². The molecular weight excluding hydrogens is 340 g/mol. The third kappa shape index (κ3) is 3.84. The third-order valence-corrected chi connectivity index (χ3v) is 4.33. The Kier molecular flexibility index (Phi) is 5.49. The van der Waals surface area contributed by atoms with Crippen LogP contribution in [-0.2, 0) is 21.5 Å². The Hall–Kier alpha value is -2.51. The van der Waals surface area contributed by atoms with E-state index in [4.69, 9.17) is 15.2 Å². The van der Waals surface area contributed by atoms with Crippen LogP contribution in [0.3, 0.4) is 0 Å². The topological polar surface area (TPSA) is 68.9 Å². The van der Waals surface area contributed by atoms with Crippen molar-refractivity contribution < 1.29 is 18.3 Å². The van der Waals surface area contributed by atoms with Crippen LogP contribution < -0.4 is 11.1 Å². The van der Waals surface area contributed by atoms with Crippen molar-refractivity contribution in [3.63, 3.8) is 0 Å². The number of nitrogens with zero attached hydrogens (tertiary/aromatic N) is 1. The zero-order chi connectivity index (χ0) is 18.6. The first kappa shape index (κ1) is 18.3. The molecule has 3 rings (SSSR count). The van der Waals surface area contributed by atoms with Crippen molar-refractivity contribution >= 4 is 11.6 Å². The minimum Gasteiger partial charge on any atom is -0.381 e. The molecule has 0 saturated carbocycles. The van der Waals surface area contributed by atoms with Gasteiger partial charge < -0.3 is 20.5 Å². The largest absolute Gasteiger partial charge is 0.381 e. The molecule has 1 heterocycles. The molecule has 1 aliphatic rings. The molecule has 1 aliphatic heterocycles. The van der Waals surface area contributed by atoms with Crippen LogP contribution in [0.2, 0.25) is 0 Å². The summed E-state index contributed by atoms with van der Waals surface area (Å²) < 4.78 is 38.4. The van der Waals surface area contributed by atoms with Crippen molar-refractivity contribution in [2.45, 2.75) is 12.0 Å². The Labute approximate surface area is 150 Å². The van der Waals surface area contributed by atoms with Crippen molar-refractivity contribution in [2.75, 3.05) is 32.2 Å². The first-order valence-corrected chi connectivity index (χ1v) is 8.27. The lowest BCUT2D eigenvalue weighted by molar-refractivity contribution is -0.0959. The summed E-state index contributed by atoms with van der Waals surface area (Å²) in [5, 5.41) is 2.59. The van der Waals surface area contributed by atoms with Gasteiger partial charge in [0, 0.05) is 13.2 Å². The maximum absolute atomic E-state index is 13.7. The van der Waals surface area contributed by atoms with Gasteiger partial charge in [-0.25, -0.2) is 13.8 Å². The predicted octanol–water partition coefficient (Wildman–Crippen LogP) is 2.81. The van der Waals surface area contributed by atoms with Gasteiger partial charge in [-0.2, -0.15) is 0 Å². The highest BCUT2D eigenvalue weighted by Crippen LogP contribution is 2.34. The monoisotopic (exact) mass is 361 g/mol. The molecule has 26 heavy (non-hydrogen) atoms. The number of fused-ring (bicyclic) bond motifs is 1. The summed E-state index contributed by atoms with van der Waals surface area (Å²) in [4.78, 5) is 4.29. The quantitative estimate of drug-likeness (QED) is 0.635. The van der Waals surface area contributed by atoms with E-state index in [-0.39, 0.29) is 18.2 Å². The van der Waals surface area contributed by atoms with E-state index >= 15 is 0 Å². The SMILES string of the molecule is COCC1(CN=C(N)Nc2cc(F)ccc2F)OCCc2ccccc21. The summed E-state index contributed by atoms with van der Waals surface area (Å²) in [6.07, 6.45) is 0.813. The van der Waals surface area contributed by atoms with E-state index in [0.717, 1.165) is 30.2 Å². The summed E-state index contributed by atoms with van der Waals surface area (Å²) in [6.45, 7) is 1.03. The molecule has 5 nitrogen and oxygen atoms in total. The molecular formula is C19H21F2N3O2. The normalized spacial score (nSPS) is 19.9. The van der Waals surface area contributed by atoms with E-state index in [1.54, 1.807) is 7.11 Å². The minimum absolute atomic E-state index is 0.0309. The van der Waals surface area contributed by atoms with Gasteiger partial charge in [-0.3, -0.25) is 0 Å². The summed E-state index contributed by atoms with van der Waals surface area (Å²) >= 11 is 0. The van der Waals surface area contributed by atoms with Crippen molar-refractivity contribution in [1.29, 1.82) is 0 Å². The second-order valence-corrected chi connectivity index (χ2v) is 6.13. The van der Waals surface area contributed by atoms with Gasteiger partial charge in [0.1, 0.15) is 17.2 Å². The highest BCUT2D eigenvalue weighted by molar-refractivity contribution is 5.92. The number of rotatable bonds is 5. The van der Waals surface area contributed by atoms with E-state index in [2.05, 4.69) is 16.4 Å². The summed E-state index contributed by atoms with van der Waals surface area (Å²) in [7, 11) is 1.59. The Bertz CT molecular complexity index is 813. The minimum atomic E-state index is -0.767. The van der Waals surface area contributed by atoms with Crippen LogP contribution >= 0.6 is 0 Å². The van der Waals surface area contributed by atoms with Crippen molar-refractivity contribution in [3.05, 3.63) is 65.2 Å². The molecule has 138 valence electrons. The van der Waals surface area contributed by atoms with Crippen molar-refractivity contribution in [1.82, 2.24) is 0 Å². The molecule has 2 aromatic carbocycles. The first-order chi connectivity index (χ1) is 12.5. The van der Waals surface area contributed by atoms with Crippen LogP contribution in [0.1, 0.15) is 11.1 Å². The summed E-state index contributed by atoms with van der Waals surface area (Å²) in [6, 6.07) is 11.0. The van der Waals surface area contributed by atoms with Crippen LogP contribution in [-0.4, -0.2) is 32.8 Å². The van der Waals surface area contributed by atoms with E-state index in [1.807, 2.05) is 18.2 Å². The van der Waals surface area contributed by atoms with Crippen molar-refractivity contribution in [3.8, 4) is 0 Å². The zero-order valence-electron chi connectivity index (χ0n) is 14.5. The number of hydrogen-bond donors (Lipinski definition) is 2. The van der Waals surface area contributed by atoms with Crippen LogP contribution in [0.25, 0.3) is 0 Å². The Morgan fingerprint density at radius 1 is 1.31 bits per heavy atom. The number of methoxy groups -OCH3 is 1. The molecule has 0 spiro atoms. The highest BCUT2D eigenvalue weighted by atomic mass is 19.1. The van der Waals surface area contributed by atoms with Gasteiger partial charge >= 0.3 is 0 Å². The van der Waals surface area contributed by atoms with Gasteiger partial charge in [0.05, 0.1) is 25.4 Å². The second kappa shape index (κ2) is 7.80. The molecule has 2 aromatic rings. The predicted molar refractivity (Wildman–Crippen MR) is 96.1 cm³/mol. The molecule has 0 fully saturated rings. The number of nitrogens with one attached hydrogen (secondary N) is 1. The van der Waals surface area contributed by atoms with Crippen molar-refractivity contribution in [2.24, 2.45) is 10.7 Å². The number of hydrogen-bond acceptors (Lipinski definition) is 3. The first-order valence-electron chi connectivity index (χ1n) is 8.27. The molecule has 0 radical (unpaired) electrons. The van der Waals surface area contributed by atoms with Gasteiger partial charge in [-0.1, -0.05) is 24.3 Å². The number of nitrogens with two attached hydrogens (primary N) is 1. The molecule has 0 aliphatic carbocycles. The van der Waals surface area contributed by atoms with Crippen LogP contribution in [0.4, 0.5) is 14.5 Å². The molecule has 0 amide bonds. The second-order valence-electron chi connectivity index (χ2n) is 6.13. The number of guanidine groups is 1. The number of benzene rings is 2. The molecule has 1 unspecified atom stereocenters. The molecule has 0 saturated heterocycles. The number of aliphatic imine (C=N–C) groups is 1. The number of ether oxygens (including phenoxy) is 2. The average Bonchev–Trinajstić information content (AvgIpc) is 2.64. The smallest absolute Gasteiger partial charge is 0.193 e. The van der Waals surface area contributed by atoms with E-state index < -0.39 is 17.2 Å². The molecule has 0 aromatic heterocycles. The van der Waals surface area contributed by atoms with E-state index in [9.17, 15) is 8.78 Å². The maximum Gasteiger partial charge on any atom is 0.193 e. The van der Waals surface area contributed by atoms with Gasteiger partial charge in [0.15, 0.2) is 5.96 Å². The lowest BCUT2D eigenvalue weighted by Gasteiger charge is -2.37. The Morgan fingerprint density at radius 2 is 2.12 bits per heavy atom. The third-order valence-electron chi connectivity index (χ3n) is 4.33. The van der Waals surface area contributed by atoms with Crippen LogP contribution in [0.5, 0.6) is 0 Å². The molecule has 1 atom stereocenters. The van der Waals surface area contributed by atoms with Crippen LogP contribution in [0, 0.1) is 11.6 Å². The average molecular weight is 361 g/mol. The lowest BCUT2D eigenvalue weighted by Crippen LogP contribution is -2.43. The maximum atomic E-state index is 13.7. The fourth-order valence-corrected chi connectivity index (χ4v) is 3.13. The molecule has 7 heteroatoms. The number of halogens is 2. The molecule has 0 bridgehead atoms. The van der Waals surface area contributed by atoms with Gasteiger partial charge in [0.2, 0.25) is 0 Å². The standard InChI is InChI=1S/C19H21F2N3O2/c1-25-12-19(15-5-3-2-4-13(15)8-9-26-19)11-23-18(22)24-17-10-14(20)6-7-16(17)21/h2-7,10H,8-9,11-12H2,1H3,(H3,22,23,24). The lowest BCUT2D eigenvalue weighted by atomic mass is 9.86. The number of anilines is 1. The molecule has 3 N–H and O–H groups in total. The Morgan fingerprint density at radius 3 is 2.92 bits per heavy atom. The Balaban J connectivity index is 1.83. The van der Waals surface area contributed by atoms with E-state index in [0.29, 0.717) is 13.2 Å². The van der Waals surface area contributed by atoms with Gasteiger partial charge in [-0.05, 0) is 29.7 Å². The fourth-order valence-electron chi connectivity index (χ4n) is 3.13. The zero-order valence-corrected chi connectivity index (χ0v) is 14.5. The fraction of sp³-hybridized carbons (Fsp3) is 0.316.